The second-order valence-electron chi connectivity index (χ2n) is 5.02. The Labute approximate surface area is 131 Å². The van der Waals surface area contributed by atoms with Crippen LogP contribution in [0.5, 0.6) is 0 Å². The van der Waals surface area contributed by atoms with Gasteiger partial charge in [-0.25, -0.2) is 0 Å². The maximum Gasteiger partial charge on any atom is 0.0879 e. The summed E-state index contributed by atoms with van der Waals surface area (Å²) >= 11 is 0. The average molecular weight is 292 g/mol. The third kappa shape index (κ3) is 3.46. The number of fused-ring (bicyclic) bond motifs is 1. The minimum atomic E-state index is -0.800. The molecule has 0 fully saturated rings. The Morgan fingerprint density at radius 1 is 1.32 bits per heavy atom. The Hall–Kier alpha value is -2.34. The Morgan fingerprint density at radius 3 is 2.77 bits per heavy atom. The number of benzene rings is 2. The average Bonchev–Trinajstić information content (AvgIpc) is 2.55. The number of hydrogen-bond acceptors (Lipinski definition) is 2. The molecule has 0 aliphatic rings. The van der Waals surface area contributed by atoms with Crippen LogP contribution in [-0.2, 0) is 0 Å². The molecule has 2 aromatic rings. The smallest absolute Gasteiger partial charge is 0.0879 e. The molecule has 0 spiro atoms. The maximum atomic E-state index is 9.44. The largest absolute Gasteiger partial charge is 0.394 e. The van der Waals surface area contributed by atoms with E-state index in [1.807, 2.05) is 43.4 Å². The van der Waals surface area contributed by atoms with Gasteiger partial charge in [0.05, 0.1) is 12.7 Å². The summed E-state index contributed by atoms with van der Waals surface area (Å²) in [6.45, 7) is 5.58. The number of aliphatic hydroxyl groups excluding tert-OH is 2. The minimum Gasteiger partial charge on any atom is -0.394 e. The van der Waals surface area contributed by atoms with Crippen LogP contribution in [0.15, 0.2) is 43.0 Å². The highest BCUT2D eigenvalue weighted by atomic mass is 16.3. The fourth-order valence-electron chi connectivity index (χ4n) is 2.36. The molecule has 0 heterocycles. The monoisotopic (exact) mass is 292 g/mol. The van der Waals surface area contributed by atoms with Crippen LogP contribution >= 0.6 is 0 Å². The van der Waals surface area contributed by atoms with Gasteiger partial charge in [0.2, 0.25) is 0 Å². The van der Waals surface area contributed by atoms with E-state index in [1.165, 1.54) is 0 Å². The van der Waals surface area contributed by atoms with Gasteiger partial charge in [-0.05, 0) is 34.9 Å². The number of allylic oxidation sites excluding steroid dienone is 1. The van der Waals surface area contributed by atoms with Crippen LogP contribution in [-0.4, -0.2) is 22.9 Å². The predicted molar refractivity (Wildman–Crippen MR) is 93.3 cm³/mol. The number of hydrogen-bond donors (Lipinski definition) is 2. The summed E-state index contributed by atoms with van der Waals surface area (Å²) in [7, 11) is 0. The van der Waals surface area contributed by atoms with Crippen molar-refractivity contribution in [2.45, 2.75) is 19.4 Å². The van der Waals surface area contributed by atoms with Gasteiger partial charge in [-0.3, -0.25) is 0 Å². The lowest BCUT2D eigenvalue weighted by Crippen LogP contribution is -2.09. The third-order valence-corrected chi connectivity index (χ3v) is 3.44. The molecule has 0 saturated heterocycles. The standard InChI is InChI=1S/C20H20O2/c1-3-8-18-15(4-2)13-16-9-5-6-11-19(16)20(18)12-7-10-17(22)14-21/h3-6,8-9,11,13,17,21-22H,2,10,14H2,1H3/b8-3-/t17-/m0/s1. The zero-order chi connectivity index (χ0) is 15.9. The van der Waals surface area contributed by atoms with Crippen molar-refractivity contribution in [1.82, 2.24) is 0 Å². The molecule has 0 aromatic heterocycles. The van der Waals surface area contributed by atoms with Crippen LogP contribution in [0.2, 0.25) is 0 Å². The summed E-state index contributed by atoms with van der Waals surface area (Å²) in [6, 6.07) is 10.2. The molecule has 0 unspecified atom stereocenters. The molecule has 112 valence electrons. The van der Waals surface area contributed by atoms with E-state index in [9.17, 15) is 5.11 Å². The topological polar surface area (TPSA) is 40.5 Å². The van der Waals surface area contributed by atoms with E-state index in [0.717, 1.165) is 27.5 Å². The molecule has 2 nitrogen and oxygen atoms in total. The first-order chi connectivity index (χ1) is 10.7. The van der Waals surface area contributed by atoms with Gasteiger partial charge in [-0.2, -0.15) is 0 Å². The SMILES string of the molecule is C=Cc1cc2ccccc2c(C#CC[C@H](O)CO)c1/C=C\C. The molecule has 0 aliphatic heterocycles. The highest BCUT2D eigenvalue weighted by molar-refractivity contribution is 5.94. The molecular weight excluding hydrogens is 272 g/mol. The quantitative estimate of drug-likeness (QED) is 0.845. The molecule has 2 N–H and O–H groups in total. The fourth-order valence-corrected chi connectivity index (χ4v) is 2.36. The molecule has 2 aromatic carbocycles. The summed E-state index contributed by atoms with van der Waals surface area (Å²) in [5.41, 5.74) is 2.99. The summed E-state index contributed by atoms with van der Waals surface area (Å²) in [4.78, 5) is 0. The second kappa shape index (κ2) is 7.61. The fraction of sp³-hybridized carbons (Fsp3) is 0.200. The van der Waals surface area contributed by atoms with Crippen molar-refractivity contribution in [2.24, 2.45) is 0 Å². The molecule has 2 rings (SSSR count). The molecule has 0 radical (unpaired) electrons. The molecule has 0 bridgehead atoms. The third-order valence-electron chi connectivity index (χ3n) is 3.44. The second-order valence-corrected chi connectivity index (χ2v) is 5.02. The maximum absolute atomic E-state index is 9.44. The highest BCUT2D eigenvalue weighted by Gasteiger charge is 2.08. The Balaban J connectivity index is 2.66. The lowest BCUT2D eigenvalue weighted by molar-refractivity contribution is 0.0992. The van der Waals surface area contributed by atoms with Crippen LogP contribution in [0.1, 0.15) is 30.0 Å². The summed E-state index contributed by atoms with van der Waals surface area (Å²) < 4.78 is 0. The lowest BCUT2D eigenvalue weighted by Gasteiger charge is -2.10. The van der Waals surface area contributed by atoms with Crippen LogP contribution in [0.4, 0.5) is 0 Å². The first kappa shape index (κ1) is 16.0. The molecule has 22 heavy (non-hydrogen) atoms. The van der Waals surface area contributed by atoms with Crippen LogP contribution in [0.3, 0.4) is 0 Å². The van der Waals surface area contributed by atoms with Crippen LogP contribution in [0, 0.1) is 11.8 Å². The minimum absolute atomic E-state index is 0.248. The first-order valence-electron chi connectivity index (χ1n) is 7.30. The molecular formula is C20H20O2. The normalized spacial score (nSPS) is 12.1. The summed E-state index contributed by atoms with van der Waals surface area (Å²) in [5.74, 6) is 6.13. The van der Waals surface area contributed by atoms with Gasteiger partial charge in [0.25, 0.3) is 0 Å². The van der Waals surface area contributed by atoms with E-state index in [-0.39, 0.29) is 13.0 Å². The lowest BCUT2D eigenvalue weighted by atomic mass is 9.93. The van der Waals surface area contributed by atoms with Crippen molar-refractivity contribution < 1.29 is 10.2 Å². The van der Waals surface area contributed by atoms with E-state index >= 15 is 0 Å². The van der Waals surface area contributed by atoms with E-state index in [4.69, 9.17) is 5.11 Å². The van der Waals surface area contributed by atoms with Gasteiger partial charge in [-0.15, -0.1) is 0 Å². The van der Waals surface area contributed by atoms with Crippen molar-refractivity contribution in [1.29, 1.82) is 0 Å². The van der Waals surface area contributed by atoms with Gasteiger partial charge in [0.15, 0.2) is 0 Å². The van der Waals surface area contributed by atoms with E-state index < -0.39 is 6.10 Å². The van der Waals surface area contributed by atoms with E-state index in [0.29, 0.717) is 0 Å². The zero-order valence-corrected chi connectivity index (χ0v) is 12.7. The Kier molecular flexibility index (Phi) is 5.55. The van der Waals surface area contributed by atoms with Crippen LogP contribution < -0.4 is 0 Å². The molecule has 0 aliphatic carbocycles. The first-order valence-corrected chi connectivity index (χ1v) is 7.30. The summed E-state index contributed by atoms with van der Waals surface area (Å²) in [6.07, 6.45) is 5.28. The van der Waals surface area contributed by atoms with Gasteiger partial charge in [0, 0.05) is 12.0 Å². The zero-order valence-electron chi connectivity index (χ0n) is 12.7. The van der Waals surface area contributed by atoms with Crippen molar-refractivity contribution in [3.05, 3.63) is 59.7 Å². The van der Waals surface area contributed by atoms with Crippen molar-refractivity contribution in [3.8, 4) is 11.8 Å². The van der Waals surface area contributed by atoms with Crippen LogP contribution in [0.25, 0.3) is 22.9 Å². The van der Waals surface area contributed by atoms with Crippen molar-refractivity contribution >= 4 is 22.9 Å². The van der Waals surface area contributed by atoms with Crippen molar-refractivity contribution in [3.63, 3.8) is 0 Å². The molecule has 2 heteroatoms. The van der Waals surface area contributed by atoms with Crippen molar-refractivity contribution in [2.75, 3.05) is 6.61 Å². The van der Waals surface area contributed by atoms with Gasteiger partial charge >= 0.3 is 0 Å². The molecule has 1 atom stereocenters. The Morgan fingerprint density at radius 2 is 2.09 bits per heavy atom. The van der Waals surface area contributed by atoms with Gasteiger partial charge < -0.3 is 10.2 Å². The molecule has 0 saturated carbocycles. The van der Waals surface area contributed by atoms with E-state index in [2.05, 4.69) is 30.6 Å². The summed E-state index contributed by atoms with van der Waals surface area (Å²) in [5, 5.41) is 20.5. The van der Waals surface area contributed by atoms with Gasteiger partial charge in [-0.1, -0.05) is 60.9 Å². The number of rotatable bonds is 4. The van der Waals surface area contributed by atoms with Gasteiger partial charge in [0.1, 0.15) is 0 Å². The Bertz CT molecular complexity index is 760. The highest BCUT2D eigenvalue weighted by Crippen LogP contribution is 2.27. The van der Waals surface area contributed by atoms with E-state index in [1.54, 1.807) is 0 Å². The molecule has 0 amide bonds. The predicted octanol–water partition coefficient (Wildman–Crippen LogP) is 3.61. The number of aliphatic hydroxyl groups is 2.